The Balaban J connectivity index is 2.13. The zero-order chi connectivity index (χ0) is 14.7. The maximum atomic E-state index is 10.3. The predicted octanol–water partition coefficient (Wildman–Crippen LogP) is 3.96. The smallest absolute Gasteiger partial charge is 0.0693 e. The van der Waals surface area contributed by atoms with E-state index in [0.29, 0.717) is 6.04 Å². The fourth-order valence-electron chi connectivity index (χ4n) is 3.76. The third-order valence-electron chi connectivity index (χ3n) is 4.61. The number of rotatable bonds is 3. The van der Waals surface area contributed by atoms with Gasteiger partial charge in [0, 0.05) is 12.1 Å². The van der Waals surface area contributed by atoms with Crippen LogP contribution >= 0.6 is 0 Å². The summed E-state index contributed by atoms with van der Waals surface area (Å²) >= 11 is 0. The minimum Gasteiger partial charge on any atom is -0.392 e. The molecule has 1 fully saturated rings. The second-order valence-corrected chi connectivity index (χ2v) is 6.51. The molecule has 3 unspecified atom stereocenters. The summed E-state index contributed by atoms with van der Waals surface area (Å²) in [5.74, 6) is 0. The molecule has 3 atom stereocenters. The summed E-state index contributed by atoms with van der Waals surface area (Å²) < 4.78 is 0. The van der Waals surface area contributed by atoms with Crippen molar-refractivity contribution >= 4 is 0 Å². The largest absolute Gasteiger partial charge is 0.392 e. The second-order valence-electron chi connectivity index (χ2n) is 6.51. The van der Waals surface area contributed by atoms with E-state index in [-0.39, 0.29) is 12.1 Å². The Morgan fingerprint density at radius 1 is 1.05 bits per heavy atom. The lowest BCUT2D eigenvalue weighted by Crippen LogP contribution is -2.40. The summed E-state index contributed by atoms with van der Waals surface area (Å²) in [6, 6.07) is 5.05. The number of aliphatic hydroxyl groups excluding tert-OH is 1. The maximum absolute atomic E-state index is 10.3. The van der Waals surface area contributed by atoms with Crippen molar-refractivity contribution in [3.05, 3.63) is 34.4 Å². The molecule has 1 aromatic rings. The Kier molecular flexibility index (Phi) is 5.22. The van der Waals surface area contributed by atoms with Gasteiger partial charge in [0.1, 0.15) is 0 Å². The summed E-state index contributed by atoms with van der Waals surface area (Å²) in [5.41, 5.74) is 5.42. The molecule has 0 heterocycles. The van der Waals surface area contributed by atoms with Crippen molar-refractivity contribution in [1.82, 2.24) is 5.32 Å². The van der Waals surface area contributed by atoms with Gasteiger partial charge in [0.25, 0.3) is 0 Å². The van der Waals surface area contributed by atoms with Crippen LogP contribution in [0.3, 0.4) is 0 Å². The summed E-state index contributed by atoms with van der Waals surface area (Å²) in [4.78, 5) is 0. The van der Waals surface area contributed by atoms with Gasteiger partial charge in [0.15, 0.2) is 0 Å². The van der Waals surface area contributed by atoms with E-state index in [4.69, 9.17) is 0 Å². The maximum Gasteiger partial charge on any atom is 0.0693 e. The Labute approximate surface area is 123 Å². The second kappa shape index (κ2) is 6.73. The lowest BCUT2D eigenvalue weighted by atomic mass is 9.93. The molecule has 1 aliphatic carbocycles. The number of hydrogen-bond donors (Lipinski definition) is 2. The van der Waals surface area contributed by atoms with Crippen LogP contribution in [0.15, 0.2) is 12.1 Å². The van der Waals surface area contributed by atoms with Crippen LogP contribution in [-0.2, 0) is 0 Å². The highest BCUT2D eigenvalue weighted by atomic mass is 16.3. The molecule has 0 amide bonds. The van der Waals surface area contributed by atoms with E-state index in [2.05, 4.69) is 45.1 Å². The van der Waals surface area contributed by atoms with Crippen LogP contribution in [0.5, 0.6) is 0 Å². The lowest BCUT2D eigenvalue weighted by molar-refractivity contribution is 0.114. The van der Waals surface area contributed by atoms with Crippen LogP contribution in [0.4, 0.5) is 0 Å². The summed E-state index contributed by atoms with van der Waals surface area (Å²) in [6.07, 6.45) is 5.49. The van der Waals surface area contributed by atoms with E-state index in [1.807, 2.05) is 0 Å². The van der Waals surface area contributed by atoms with E-state index >= 15 is 0 Å². The van der Waals surface area contributed by atoms with Crippen molar-refractivity contribution < 1.29 is 5.11 Å². The molecule has 0 spiro atoms. The van der Waals surface area contributed by atoms with Crippen molar-refractivity contribution in [3.63, 3.8) is 0 Å². The fraction of sp³-hybridized carbons (Fsp3) is 0.667. The lowest BCUT2D eigenvalue weighted by Gasteiger charge is -2.28. The first kappa shape index (κ1) is 15.5. The molecule has 0 radical (unpaired) electrons. The van der Waals surface area contributed by atoms with E-state index in [1.54, 1.807) is 0 Å². The Morgan fingerprint density at radius 3 is 2.30 bits per heavy atom. The monoisotopic (exact) mass is 275 g/mol. The van der Waals surface area contributed by atoms with Crippen LogP contribution in [0.2, 0.25) is 0 Å². The number of aryl methyl sites for hydroxylation is 3. The number of hydrogen-bond acceptors (Lipinski definition) is 2. The van der Waals surface area contributed by atoms with Crippen molar-refractivity contribution in [2.45, 2.75) is 78.0 Å². The van der Waals surface area contributed by atoms with E-state index in [1.165, 1.54) is 35.1 Å². The number of aliphatic hydroxyl groups is 1. The van der Waals surface area contributed by atoms with Crippen molar-refractivity contribution in [2.24, 2.45) is 0 Å². The van der Waals surface area contributed by atoms with E-state index < -0.39 is 0 Å². The van der Waals surface area contributed by atoms with Gasteiger partial charge in [0.2, 0.25) is 0 Å². The van der Waals surface area contributed by atoms with Gasteiger partial charge < -0.3 is 10.4 Å². The third kappa shape index (κ3) is 3.62. The molecule has 2 nitrogen and oxygen atoms in total. The van der Waals surface area contributed by atoms with Gasteiger partial charge in [-0.1, -0.05) is 37.0 Å². The van der Waals surface area contributed by atoms with Crippen molar-refractivity contribution in [1.29, 1.82) is 0 Å². The minimum atomic E-state index is -0.189. The van der Waals surface area contributed by atoms with Gasteiger partial charge in [-0.3, -0.25) is 0 Å². The van der Waals surface area contributed by atoms with Crippen LogP contribution in [0.1, 0.15) is 67.3 Å². The molecular weight excluding hydrogens is 246 g/mol. The molecule has 2 heteroatoms. The van der Waals surface area contributed by atoms with Crippen LogP contribution in [-0.4, -0.2) is 17.3 Å². The Bertz CT molecular complexity index is 432. The van der Waals surface area contributed by atoms with E-state index in [9.17, 15) is 5.11 Å². The number of benzene rings is 1. The summed E-state index contributed by atoms with van der Waals surface area (Å²) in [6.45, 7) is 8.76. The van der Waals surface area contributed by atoms with Gasteiger partial charge in [-0.05, 0) is 57.2 Å². The average Bonchev–Trinajstić information content (AvgIpc) is 2.53. The highest BCUT2D eigenvalue weighted by Gasteiger charge is 2.24. The molecule has 2 rings (SSSR count). The first-order valence-electron chi connectivity index (χ1n) is 8.01. The van der Waals surface area contributed by atoms with Gasteiger partial charge in [-0.25, -0.2) is 0 Å². The number of nitrogens with one attached hydrogen (secondary N) is 1. The van der Waals surface area contributed by atoms with Gasteiger partial charge in [0.05, 0.1) is 6.10 Å². The molecule has 112 valence electrons. The molecule has 2 N–H and O–H groups in total. The third-order valence-corrected chi connectivity index (χ3v) is 4.61. The molecule has 1 saturated carbocycles. The van der Waals surface area contributed by atoms with Crippen LogP contribution in [0.25, 0.3) is 0 Å². The molecule has 1 aliphatic rings. The Hall–Kier alpha value is -0.860. The molecular formula is C18H29NO. The molecule has 0 bridgehead atoms. The van der Waals surface area contributed by atoms with Crippen LogP contribution < -0.4 is 5.32 Å². The van der Waals surface area contributed by atoms with Crippen molar-refractivity contribution in [2.75, 3.05) is 0 Å². The van der Waals surface area contributed by atoms with E-state index in [0.717, 1.165) is 19.3 Å². The quantitative estimate of drug-likeness (QED) is 0.819. The van der Waals surface area contributed by atoms with Crippen molar-refractivity contribution in [3.8, 4) is 0 Å². The minimum absolute atomic E-state index is 0.189. The average molecular weight is 275 g/mol. The molecule has 0 aromatic heterocycles. The molecule has 0 saturated heterocycles. The molecule has 1 aromatic carbocycles. The SMILES string of the molecule is Cc1cc(C)c(C(C)NC2CCCCCC2O)c(C)c1. The highest BCUT2D eigenvalue weighted by Crippen LogP contribution is 2.26. The molecule has 0 aliphatic heterocycles. The zero-order valence-corrected chi connectivity index (χ0v) is 13.4. The standard InChI is InChI=1S/C18H29NO/c1-12-10-13(2)18(14(3)11-12)15(4)19-16-8-6-5-7-9-17(16)20/h10-11,15-17,19-20H,5-9H2,1-4H3. The fourth-order valence-corrected chi connectivity index (χ4v) is 3.76. The first-order chi connectivity index (χ1) is 9.49. The normalized spacial score (nSPS) is 25.2. The van der Waals surface area contributed by atoms with Gasteiger partial charge in [-0.15, -0.1) is 0 Å². The zero-order valence-electron chi connectivity index (χ0n) is 13.4. The molecule has 20 heavy (non-hydrogen) atoms. The Morgan fingerprint density at radius 2 is 1.65 bits per heavy atom. The van der Waals surface area contributed by atoms with Gasteiger partial charge in [-0.2, -0.15) is 0 Å². The van der Waals surface area contributed by atoms with Crippen LogP contribution in [0, 0.1) is 20.8 Å². The summed E-state index contributed by atoms with van der Waals surface area (Å²) in [5, 5.41) is 13.9. The highest BCUT2D eigenvalue weighted by molar-refractivity contribution is 5.39. The summed E-state index contributed by atoms with van der Waals surface area (Å²) in [7, 11) is 0. The van der Waals surface area contributed by atoms with Gasteiger partial charge >= 0.3 is 0 Å². The topological polar surface area (TPSA) is 32.3 Å². The first-order valence-corrected chi connectivity index (χ1v) is 8.01. The predicted molar refractivity (Wildman–Crippen MR) is 85.1 cm³/mol.